The van der Waals surface area contributed by atoms with E-state index in [9.17, 15) is 4.79 Å². The van der Waals surface area contributed by atoms with Crippen LogP contribution in [0.3, 0.4) is 0 Å². The molecule has 1 N–H and O–H groups in total. The van der Waals surface area contributed by atoms with Gasteiger partial charge in [0.25, 0.3) is 0 Å². The molecular formula is C15H30ClN3O. The van der Waals surface area contributed by atoms with E-state index in [1.165, 1.54) is 25.7 Å². The van der Waals surface area contributed by atoms with Gasteiger partial charge in [-0.05, 0) is 26.7 Å². The van der Waals surface area contributed by atoms with Crippen LogP contribution >= 0.6 is 12.4 Å². The Labute approximate surface area is 129 Å². The quantitative estimate of drug-likeness (QED) is 0.842. The summed E-state index contributed by atoms with van der Waals surface area (Å²) in [7, 11) is 0. The highest BCUT2D eigenvalue weighted by Crippen LogP contribution is 2.25. The maximum atomic E-state index is 12.2. The number of carbonyl (C=O) groups excluding carboxylic acids is 1. The van der Waals surface area contributed by atoms with Gasteiger partial charge in [-0.25, -0.2) is 0 Å². The smallest absolute Gasteiger partial charge is 0.223 e. The lowest BCUT2D eigenvalue weighted by Gasteiger charge is -2.34. The molecule has 1 aliphatic carbocycles. The second-order valence-corrected chi connectivity index (χ2v) is 6.15. The first-order chi connectivity index (χ1) is 9.18. The highest BCUT2D eigenvalue weighted by atomic mass is 35.5. The maximum absolute atomic E-state index is 12.2. The van der Waals surface area contributed by atoms with Crippen LogP contribution in [0, 0.1) is 0 Å². The highest BCUT2D eigenvalue weighted by molar-refractivity contribution is 5.85. The standard InChI is InChI=1S/C15H29N3O.ClH/c1-13(2)18(14-5-3-4-6-14)10-7-15(19)17-11-8-16-9-12-17;/h13-14,16H,3-12H2,1-2H3;1H. The summed E-state index contributed by atoms with van der Waals surface area (Å²) in [5.41, 5.74) is 0. The number of rotatable bonds is 5. The number of carbonyl (C=O) groups is 1. The van der Waals surface area contributed by atoms with Gasteiger partial charge in [-0.3, -0.25) is 9.69 Å². The van der Waals surface area contributed by atoms with Crippen molar-refractivity contribution in [2.45, 2.75) is 58.0 Å². The summed E-state index contributed by atoms with van der Waals surface area (Å²) < 4.78 is 0. The molecule has 118 valence electrons. The average molecular weight is 304 g/mol. The topological polar surface area (TPSA) is 35.6 Å². The van der Waals surface area contributed by atoms with Gasteiger partial charge in [-0.2, -0.15) is 0 Å². The number of amides is 1. The molecule has 1 saturated carbocycles. The molecule has 0 bridgehead atoms. The van der Waals surface area contributed by atoms with E-state index in [0.717, 1.165) is 38.8 Å². The first-order valence-electron chi connectivity index (χ1n) is 7.92. The van der Waals surface area contributed by atoms with Crippen molar-refractivity contribution in [2.75, 3.05) is 32.7 Å². The molecule has 2 aliphatic rings. The maximum Gasteiger partial charge on any atom is 0.223 e. The average Bonchev–Trinajstić information content (AvgIpc) is 2.93. The number of piperazine rings is 1. The van der Waals surface area contributed by atoms with Gasteiger partial charge in [-0.1, -0.05) is 12.8 Å². The molecule has 0 radical (unpaired) electrons. The van der Waals surface area contributed by atoms with E-state index >= 15 is 0 Å². The van der Waals surface area contributed by atoms with Crippen LogP contribution in [0.4, 0.5) is 0 Å². The lowest BCUT2D eigenvalue weighted by Crippen LogP contribution is -2.48. The van der Waals surface area contributed by atoms with Crippen molar-refractivity contribution in [3.63, 3.8) is 0 Å². The van der Waals surface area contributed by atoms with Gasteiger partial charge in [0.15, 0.2) is 0 Å². The third-order valence-corrected chi connectivity index (χ3v) is 4.51. The summed E-state index contributed by atoms with van der Waals surface area (Å²) in [4.78, 5) is 16.8. The number of nitrogens with one attached hydrogen (secondary N) is 1. The van der Waals surface area contributed by atoms with E-state index < -0.39 is 0 Å². The van der Waals surface area contributed by atoms with Crippen LogP contribution in [-0.4, -0.2) is 60.5 Å². The minimum Gasteiger partial charge on any atom is -0.340 e. The minimum atomic E-state index is 0. The van der Waals surface area contributed by atoms with Crippen molar-refractivity contribution in [3.8, 4) is 0 Å². The van der Waals surface area contributed by atoms with Crippen LogP contribution < -0.4 is 5.32 Å². The van der Waals surface area contributed by atoms with E-state index in [2.05, 4.69) is 24.1 Å². The number of halogens is 1. The normalized spacial score (nSPS) is 20.5. The fourth-order valence-corrected chi connectivity index (χ4v) is 3.40. The summed E-state index contributed by atoms with van der Waals surface area (Å²) in [6.45, 7) is 9.10. The van der Waals surface area contributed by atoms with Gasteiger partial charge in [-0.15, -0.1) is 12.4 Å². The van der Waals surface area contributed by atoms with Gasteiger partial charge in [0.1, 0.15) is 0 Å². The molecule has 0 spiro atoms. The van der Waals surface area contributed by atoms with Crippen molar-refractivity contribution >= 4 is 18.3 Å². The van der Waals surface area contributed by atoms with Crippen molar-refractivity contribution < 1.29 is 4.79 Å². The van der Waals surface area contributed by atoms with Gasteiger partial charge in [0, 0.05) is 51.2 Å². The van der Waals surface area contributed by atoms with E-state index in [-0.39, 0.29) is 12.4 Å². The molecule has 0 aromatic heterocycles. The predicted molar refractivity (Wildman–Crippen MR) is 85.4 cm³/mol. The van der Waals surface area contributed by atoms with Gasteiger partial charge in [0.2, 0.25) is 5.91 Å². The van der Waals surface area contributed by atoms with Crippen LogP contribution in [-0.2, 0) is 4.79 Å². The van der Waals surface area contributed by atoms with Crippen LogP contribution in [0.1, 0.15) is 46.0 Å². The van der Waals surface area contributed by atoms with Crippen LogP contribution in [0.25, 0.3) is 0 Å². The van der Waals surface area contributed by atoms with Gasteiger partial charge in [0.05, 0.1) is 0 Å². The molecular weight excluding hydrogens is 274 g/mol. The molecule has 0 atom stereocenters. The Bertz CT molecular complexity index is 287. The number of hydrogen-bond acceptors (Lipinski definition) is 3. The predicted octanol–water partition coefficient (Wildman–Crippen LogP) is 1.88. The molecule has 0 aromatic rings. The largest absolute Gasteiger partial charge is 0.340 e. The Morgan fingerprint density at radius 1 is 1.25 bits per heavy atom. The van der Waals surface area contributed by atoms with E-state index in [0.29, 0.717) is 18.4 Å². The molecule has 1 amide bonds. The lowest BCUT2D eigenvalue weighted by atomic mass is 10.1. The zero-order chi connectivity index (χ0) is 13.7. The van der Waals surface area contributed by atoms with Crippen molar-refractivity contribution in [1.82, 2.24) is 15.1 Å². The molecule has 2 fully saturated rings. The monoisotopic (exact) mass is 303 g/mol. The van der Waals surface area contributed by atoms with E-state index in [1.54, 1.807) is 0 Å². The molecule has 0 aromatic carbocycles. The minimum absolute atomic E-state index is 0. The van der Waals surface area contributed by atoms with Crippen LogP contribution in [0.15, 0.2) is 0 Å². The molecule has 1 aliphatic heterocycles. The summed E-state index contributed by atoms with van der Waals surface area (Å²) in [6.07, 6.45) is 6.05. The molecule has 1 heterocycles. The summed E-state index contributed by atoms with van der Waals surface area (Å²) in [5, 5.41) is 3.29. The molecule has 0 unspecified atom stereocenters. The van der Waals surface area contributed by atoms with Crippen molar-refractivity contribution in [2.24, 2.45) is 0 Å². The first kappa shape index (κ1) is 17.7. The fourth-order valence-electron chi connectivity index (χ4n) is 3.40. The molecule has 4 nitrogen and oxygen atoms in total. The van der Waals surface area contributed by atoms with E-state index in [1.807, 2.05) is 4.90 Å². The Balaban J connectivity index is 0.00000200. The number of hydrogen-bond donors (Lipinski definition) is 1. The Morgan fingerprint density at radius 2 is 1.85 bits per heavy atom. The second-order valence-electron chi connectivity index (χ2n) is 6.15. The Kier molecular flexibility index (Phi) is 7.85. The van der Waals surface area contributed by atoms with Crippen LogP contribution in [0.5, 0.6) is 0 Å². The van der Waals surface area contributed by atoms with Crippen molar-refractivity contribution in [1.29, 1.82) is 0 Å². The third kappa shape index (κ3) is 4.90. The Morgan fingerprint density at radius 3 is 2.40 bits per heavy atom. The van der Waals surface area contributed by atoms with Gasteiger partial charge >= 0.3 is 0 Å². The molecule has 1 saturated heterocycles. The van der Waals surface area contributed by atoms with E-state index in [4.69, 9.17) is 0 Å². The zero-order valence-electron chi connectivity index (χ0n) is 12.9. The second kappa shape index (κ2) is 8.85. The molecule has 2 rings (SSSR count). The number of nitrogens with zero attached hydrogens (tertiary/aromatic N) is 2. The fraction of sp³-hybridized carbons (Fsp3) is 0.933. The summed E-state index contributed by atoms with van der Waals surface area (Å²) in [6, 6.07) is 1.27. The zero-order valence-corrected chi connectivity index (χ0v) is 13.8. The first-order valence-corrected chi connectivity index (χ1v) is 7.92. The molecule has 5 heteroatoms. The lowest BCUT2D eigenvalue weighted by molar-refractivity contribution is -0.132. The molecule has 20 heavy (non-hydrogen) atoms. The summed E-state index contributed by atoms with van der Waals surface area (Å²) >= 11 is 0. The SMILES string of the molecule is CC(C)N(CCC(=O)N1CCNCC1)C1CCCC1.Cl. The van der Waals surface area contributed by atoms with Gasteiger partial charge < -0.3 is 10.2 Å². The van der Waals surface area contributed by atoms with Crippen LogP contribution in [0.2, 0.25) is 0 Å². The summed E-state index contributed by atoms with van der Waals surface area (Å²) in [5.74, 6) is 0.338. The third-order valence-electron chi connectivity index (χ3n) is 4.51. The Hall–Kier alpha value is -0.320. The highest BCUT2D eigenvalue weighted by Gasteiger charge is 2.25. The van der Waals surface area contributed by atoms with Crippen molar-refractivity contribution in [3.05, 3.63) is 0 Å².